The zero-order valence-corrected chi connectivity index (χ0v) is 14.7. The van der Waals surface area contributed by atoms with Crippen molar-refractivity contribution in [2.24, 2.45) is 5.92 Å². The number of fused-ring (bicyclic) bond motifs is 1. The van der Waals surface area contributed by atoms with Crippen LogP contribution in [-0.2, 0) is 27.8 Å². The van der Waals surface area contributed by atoms with Crippen molar-refractivity contribution in [3.8, 4) is 0 Å². The molecule has 1 aromatic rings. The number of hydrogen-bond donors (Lipinski definition) is 1. The Labute approximate surface area is 139 Å². The SMILES string of the molecule is CC(C)CCNC(=O)CCS(=O)(=O)N1CCc2ccccc2C1. The van der Waals surface area contributed by atoms with Crippen molar-refractivity contribution in [1.82, 2.24) is 9.62 Å². The number of rotatable bonds is 7. The molecule has 1 aliphatic rings. The first kappa shape index (κ1) is 17.9. The van der Waals surface area contributed by atoms with E-state index in [-0.39, 0.29) is 18.1 Å². The van der Waals surface area contributed by atoms with Gasteiger partial charge in [0.05, 0.1) is 5.75 Å². The van der Waals surface area contributed by atoms with Gasteiger partial charge in [0, 0.05) is 26.1 Å². The first-order valence-corrected chi connectivity index (χ1v) is 9.80. The van der Waals surface area contributed by atoms with Gasteiger partial charge in [-0.2, -0.15) is 4.31 Å². The molecule has 128 valence electrons. The van der Waals surface area contributed by atoms with Gasteiger partial charge in [-0.15, -0.1) is 0 Å². The van der Waals surface area contributed by atoms with Crippen LogP contribution < -0.4 is 5.32 Å². The van der Waals surface area contributed by atoms with Crippen LogP contribution in [0.15, 0.2) is 24.3 Å². The quantitative estimate of drug-likeness (QED) is 0.826. The molecule has 1 amide bonds. The number of amides is 1. The molecule has 0 aliphatic carbocycles. The van der Waals surface area contributed by atoms with Gasteiger partial charge in [0.2, 0.25) is 15.9 Å². The van der Waals surface area contributed by atoms with Crippen molar-refractivity contribution >= 4 is 15.9 Å². The molecule has 2 rings (SSSR count). The van der Waals surface area contributed by atoms with Gasteiger partial charge in [-0.05, 0) is 29.9 Å². The Morgan fingerprint density at radius 1 is 1.26 bits per heavy atom. The number of sulfonamides is 1. The second-order valence-corrected chi connectivity index (χ2v) is 8.54. The fourth-order valence-corrected chi connectivity index (χ4v) is 4.05. The predicted molar refractivity (Wildman–Crippen MR) is 91.4 cm³/mol. The first-order valence-electron chi connectivity index (χ1n) is 8.20. The topological polar surface area (TPSA) is 66.5 Å². The summed E-state index contributed by atoms with van der Waals surface area (Å²) < 4.78 is 26.4. The first-order chi connectivity index (χ1) is 10.9. The van der Waals surface area contributed by atoms with Gasteiger partial charge in [0.15, 0.2) is 0 Å². The van der Waals surface area contributed by atoms with E-state index in [0.717, 1.165) is 18.4 Å². The molecule has 0 spiro atoms. The normalized spacial score (nSPS) is 15.4. The maximum Gasteiger partial charge on any atom is 0.221 e. The summed E-state index contributed by atoms with van der Waals surface area (Å²) in [4.78, 5) is 11.8. The van der Waals surface area contributed by atoms with E-state index in [1.165, 1.54) is 9.87 Å². The molecule has 1 N–H and O–H groups in total. The molecule has 0 unspecified atom stereocenters. The Kier molecular flexibility index (Phi) is 6.18. The number of carbonyl (C=O) groups excluding carboxylic acids is 1. The molecule has 0 fully saturated rings. The number of hydrogen-bond acceptors (Lipinski definition) is 3. The summed E-state index contributed by atoms with van der Waals surface area (Å²) in [6.45, 7) is 5.69. The molecule has 5 nitrogen and oxygen atoms in total. The molecule has 0 aromatic heterocycles. The molecule has 1 aromatic carbocycles. The lowest BCUT2D eigenvalue weighted by Crippen LogP contribution is -2.38. The molecule has 23 heavy (non-hydrogen) atoms. The summed E-state index contributed by atoms with van der Waals surface area (Å²) in [5, 5.41) is 2.78. The summed E-state index contributed by atoms with van der Waals surface area (Å²) >= 11 is 0. The Morgan fingerprint density at radius 2 is 1.96 bits per heavy atom. The molecule has 1 heterocycles. The Hall–Kier alpha value is -1.40. The summed E-state index contributed by atoms with van der Waals surface area (Å²) in [7, 11) is -3.39. The standard InChI is InChI=1S/C17H26N2O3S/c1-14(2)7-10-18-17(20)9-12-23(21,22)19-11-8-15-5-3-4-6-16(15)13-19/h3-6,14H,7-13H2,1-2H3,(H,18,20). The van der Waals surface area contributed by atoms with E-state index in [2.05, 4.69) is 19.2 Å². The Balaban J connectivity index is 1.84. The van der Waals surface area contributed by atoms with Gasteiger partial charge in [-0.25, -0.2) is 8.42 Å². The average molecular weight is 338 g/mol. The predicted octanol–water partition coefficient (Wildman–Crippen LogP) is 1.93. The van der Waals surface area contributed by atoms with Gasteiger partial charge < -0.3 is 5.32 Å². The van der Waals surface area contributed by atoms with Gasteiger partial charge in [0.1, 0.15) is 0 Å². The van der Waals surface area contributed by atoms with E-state index in [4.69, 9.17) is 0 Å². The van der Waals surface area contributed by atoms with Crippen LogP contribution in [-0.4, -0.2) is 37.5 Å². The minimum absolute atomic E-state index is 0.0264. The van der Waals surface area contributed by atoms with Gasteiger partial charge in [0.25, 0.3) is 0 Å². The summed E-state index contributed by atoms with van der Waals surface area (Å²) in [6, 6.07) is 7.92. The van der Waals surface area contributed by atoms with Crippen molar-refractivity contribution in [2.75, 3.05) is 18.8 Å². The fraction of sp³-hybridized carbons (Fsp3) is 0.588. The van der Waals surface area contributed by atoms with E-state index in [0.29, 0.717) is 25.6 Å². The molecule has 0 radical (unpaired) electrons. The molecule has 0 saturated heterocycles. The minimum atomic E-state index is -3.39. The highest BCUT2D eigenvalue weighted by Crippen LogP contribution is 2.21. The summed E-state index contributed by atoms with van der Waals surface area (Å²) in [5.74, 6) is 0.210. The number of nitrogens with one attached hydrogen (secondary N) is 1. The third-order valence-corrected chi connectivity index (χ3v) is 5.94. The van der Waals surface area contributed by atoms with Gasteiger partial charge >= 0.3 is 0 Å². The van der Waals surface area contributed by atoms with E-state index < -0.39 is 10.0 Å². The van der Waals surface area contributed by atoms with E-state index in [1.54, 1.807) is 0 Å². The van der Waals surface area contributed by atoms with Gasteiger partial charge in [-0.3, -0.25) is 4.79 Å². The van der Waals surface area contributed by atoms with E-state index in [9.17, 15) is 13.2 Å². The minimum Gasteiger partial charge on any atom is -0.356 e. The van der Waals surface area contributed by atoms with Crippen LogP contribution in [0.1, 0.15) is 37.8 Å². The molecular formula is C17H26N2O3S. The molecular weight excluding hydrogens is 312 g/mol. The fourth-order valence-electron chi connectivity index (χ4n) is 2.65. The lowest BCUT2D eigenvalue weighted by atomic mass is 10.0. The van der Waals surface area contributed by atoms with E-state index in [1.807, 2.05) is 24.3 Å². The maximum absolute atomic E-state index is 12.4. The lowest BCUT2D eigenvalue weighted by Gasteiger charge is -2.28. The second-order valence-electron chi connectivity index (χ2n) is 6.45. The summed E-state index contributed by atoms with van der Waals surface area (Å²) in [5.41, 5.74) is 2.27. The van der Waals surface area contributed by atoms with Crippen LogP contribution in [0.25, 0.3) is 0 Å². The van der Waals surface area contributed by atoms with Crippen molar-refractivity contribution < 1.29 is 13.2 Å². The van der Waals surface area contributed by atoms with Crippen molar-refractivity contribution in [1.29, 1.82) is 0 Å². The molecule has 0 atom stereocenters. The van der Waals surface area contributed by atoms with Crippen LogP contribution in [0, 0.1) is 5.92 Å². The Bertz CT molecular complexity index is 641. The molecule has 0 saturated carbocycles. The third-order valence-electron chi connectivity index (χ3n) is 4.12. The largest absolute Gasteiger partial charge is 0.356 e. The van der Waals surface area contributed by atoms with Crippen molar-refractivity contribution in [2.45, 2.75) is 39.7 Å². The third kappa shape index (κ3) is 5.32. The number of benzene rings is 1. The maximum atomic E-state index is 12.4. The highest BCUT2D eigenvalue weighted by molar-refractivity contribution is 7.89. The van der Waals surface area contributed by atoms with Crippen LogP contribution in [0.5, 0.6) is 0 Å². The lowest BCUT2D eigenvalue weighted by molar-refractivity contribution is -0.120. The highest BCUT2D eigenvalue weighted by Gasteiger charge is 2.26. The summed E-state index contributed by atoms with van der Waals surface area (Å²) in [6.07, 6.45) is 1.66. The van der Waals surface area contributed by atoms with Gasteiger partial charge in [-0.1, -0.05) is 38.1 Å². The second kappa shape index (κ2) is 7.93. The highest BCUT2D eigenvalue weighted by atomic mass is 32.2. The number of carbonyl (C=O) groups is 1. The van der Waals surface area contributed by atoms with Crippen LogP contribution in [0.3, 0.4) is 0 Å². The van der Waals surface area contributed by atoms with Crippen LogP contribution in [0.2, 0.25) is 0 Å². The van der Waals surface area contributed by atoms with Crippen LogP contribution >= 0.6 is 0 Å². The van der Waals surface area contributed by atoms with E-state index >= 15 is 0 Å². The van der Waals surface area contributed by atoms with Crippen LogP contribution in [0.4, 0.5) is 0 Å². The average Bonchev–Trinajstić information content (AvgIpc) is 2.52. The smallest absolute Gasteiger partial charge is 0.221 e. The van der Waals surface area contributed by atoms with Crippen molar-refractivity contribution in [3.05, 3.63) is 35.4 Å². The Morgan fingerprint density at radius 3 is 2.65 bits per heavy atom. The number of nitrogens with zero attached hydrogens (tertiary/aromatic N) is 1. The molecule has 0 bridgehead atoms. The molecule has 1 aliphatic heterocycles. The molecule has 6 heteroatoms. The monoisotopic (exact) mass is 338 g/mol. The van der Waals surface area contributed by atoms with Crippen molar-refractivity contribution in [3.63, 3.8) is 0 Å². The zero-order chi connectivity index (χ0) is 16.9. The zero-order valence-electron chi connectivity index (χ0n) is 13.9.